The zero-order valence-corrected chi connectivity index (χ0v) is 21.3. The van der Waals surface area contributed by atoms with Gasteiger partial charge >= 0.3 is 6.03 Å². The van der Waals surface area contributed by atoms with Crippen molar-refractivity contribution < 1.29 is 14.3 Å². The summed E-state index contributed by atoms with van der Waals surface area (Å²) in [4.78, 5) is 44.8. The molecule has 2 aliphatic heterocycles. The molecule has 2 aliphatic rings. The van der Waals surface area contributed by atoms with Crippen molar-refractivity contribution in [2.45, 2.75) is 45.8 Å². The van der Waals surface area contributed by atoms with Gasteiger partial charge in [-0.15, -0.1) is 0 Å². The highest BCUT2D eigenvalue weighted by molar-refractivity contribution is 6.08. The zero-order valence-electron chi connectivity index (χ0n) is 21.3. The van der Waals surface area contributed by atoms with Crippen LogP contribution in [-0.2, 0) is 13.1 Å². The number of para-hydroxylation sites is 1. The predicted molar refractivity (Wildman–Crippen MR) is 137 cm³/mol. The lowest BCUT2D eigenvalue weighted by Gasteiger charge is -2.34. The van der Waals surface area contributed by atoms with E-state index in [1.807, 2.05) is 37.1 Å². The van der Waals surface area contributed by atoms with Crippen LogP contribution in [0.25, 0.3) is 10.9 Å². The Hall–Kier alpha value is -3.75. The van der Waals surface area contributed by atoms with E-state index < -0.39 is 0 Å². The highest BCUT2D eigenvalue weighted by Gasteiger charge is 2.39. The van der Waals surface area contributed by atoms with Gasteiger partial charge in [0.15, 0.2) is 0 Å². The van der Waals surface area contributed by atoms with Crippen LogP contribution in [-0.4, -0.2) is 64.6 Å². The molecule has 2 aromatic heterocycles. The molecule has 1 aromatic carbocycles. The molecule has 0 bridgehead atoms. The van der Waals surface area contributed by atoms with Gasteiger partial charge in [0.05, 0.1) is 30.8 Å². The standard InChI is InChI=1S/C27H33N5O4/c1-16-11-23(36-4)21(25(33)29-16)13-28-26(34)24-17(2)32(22-8-6-5-7-20(22)24)14-18-9-10-31-19(12-18)15-30(3)27(31)35/h5-8,11,18-19H,9-10,12-15H2,1-4H3,(H,28,34)(H,29,33). The molecular formula is C27H33N5O4. The lowest BCUT2D eigenvalue weighted by Crippen LogP contribution is -2.42. The average molecular weight is 492 g/mol. The number of H-pyrrole nitrogens is 1. The minimum atomic E-state index is -0.270. The number of amides is 3. The van der Waals surface area contributed by atoms with Gasteiger partial charge in [0.25, 0.3) is 11.5 Å². The Morgan fingerprint density at radius 2 is 2.00 bits per heavy atom. The Morgan fingerprint density at radius 3 is 2.78 bits per heavy atom. The number of piperidine rings is 1. The molecule has 4 heterocycles. The van der Waals surface area contributed by atoms with Crippen LogP contribution in [0.2, 0.25) is 0 Å². The summed E-state index contributed by atoms with van der Waals surface area (Å²) in [6.45, 7) is 6.19. The van der Waals surface area contributed by atoms with Gasteiger partial charge in [-0.25, -0.2) is 4.79 Å². The first-order valence-corrected chi connectivity index (χ1v) is 12.4. The number of nitrogens with zero attached hydrogens (tertiary/aromatic N) is 3. The van der Waals surface area contributed by atoms with Gasteiger partial charge in [-0.3, -0.25) is 9.59 Å². The van der Waals surface area contributed by atoms with Gasteiger partial charge in [-0.1, -0.05) is 18.2 Å². The lowest BCUT2D eigenvalue weighted by atomic mass is 9.91. The largest absolute Gasteiger partial charge is 0.496 e. The van der Waals surface area contributed by atoms with Crippen molar-refractivity contribution in [3.8, 4) is 5.75 Å². The van der Waals surface area contributed by atoms with Crippen molar-refractivity contribution in [1.29, 1.82) is 0 Å². The molecule has 0 radical (unpaired) electrons. The first-order valence-electron chi connectivity index (χ1n) is 12.4. The number of pyridine rings is 1. The number of rotatable bonds is 6. The Labute approximate surface area is 210 Å². The number of hydrogen-bond donors (Lipinski definition) is 2. The SMILES string of the molecule is COc1cc(C)[nH]c(=O)c1CNC(=O)c1c(C)n(CC2CCN3C(=O)N(C)CC3C2)c2ccccc12. The molecule has 9 nitrogen and oxygen atoms in total. The van der Waals surface area contributed by atoms with Gasteiger partial charge in [-0.05, 0) is 44.7 Å². The molecule has 3 aromatic rings. The van der Waals surface area contributed by atoms with Crippen molar-refractivity contribution in [3.63, 3.8) is 0 Å². The number of urea groups is 1. The number of fused-ring (bicyclic) bond motifs is 2. The zero-order chi connectivity index (χ0) is 25.6. The van der Waals surface area contributed by atoms with Crippen LogP contribution in [0.15, 0.2) is 35.1 Å². The summed E-state index contributed by atoms with van der Waals surface area (Å²) in [6.07, 6.45) is 1.90. The third-order valence-electron chi connectivity index (χ3n) is 7.66. The van der Waals surface area contributed by atoms with E-state index >= 15 is 0 Å². The molecule has 2 unspecified atom stereocenters. The smallest absolute Gasteiger partial charge is 0.320 e. The van der Waals surface area contributed by atoms with Crippen LogP contribution in [0.3, 0.4) is 0 Å². The number of likely N-dealkylation sites (N-methyl/N-ethyl adjacent to an activating group) is 1. The Morgan fingerprint density at radius 1 is 1.22 bits per heavy atom. The monoisotopic (exact) mass is 491 g/mol. The maximum Gasteiger partial charge on any atom is 0.320 e. The van der Waals surface area contributed by atoms with Gasteiger partial charge in [0.2, 0.25) is 0 Å². The number of carbonyl (C=O) groups is 2. The molecule has 0 spiro atoms. The predicted octanol–water partition coefficient (Wildman–Crippen LogP) is 3.03. The number of ether oxygens (including phenoxy) is 1. The van der Waals surface area contributed by atoms with Crippen LogP contribution in [0.1, 0.15) is 40.2 Å². The third-order valence-corrected chi connectivity index (χ3v) is 7.66. The summed E-state index contributed by atoms with van der Waals surface area (Å²) in [6, 6.07) is 10.1. The maximum atomic E-state index is 13.4. The summed E-state index contributed by atoms with van der Waals surface area (Å²) < 4.78 is 7.61. The van der Waals surface area contributed by atoms with Crippen molar-refractivity contribution in [2.24, 2.45) is 5.92 Å². The second-order valence-corrected chi connectivity index (χ2v) is 10.00. The summed E-state index contributed by atoms with van der Waals surface area (Å²) in [5.41, 5.74) is 3.37. The second-order valence-electron chi connectivity index (χ2n) is 10.00. The number of aromatic nitrogens is 2. The van der Waals surface area contributed by atoms with Crippen molar-refractivity contribution in [3.05, 3.63) is 63.2 Å². The number of aryl methyl sites for hydroxylation is 1. The van der Waals surface area contributed by atoms with E-state index in [0.717, 1.165) is 49.1 Å². The fraction of sp³-hybridized carbons (Fsp3) is 0.444. The van der Waals surface area contributed by atoms with E-state index in [4.69, 9.17) is 4.74 Å². The van der Waals surface area contributed by atoms with Crippen LogP contribution >= 0.6 is 0 Å². The summed E-state index contributed by atoms with van der Waals surface area (Å²) >= 11 is 0. The third kappa shape index (κ3) is 4.12. The molecule has 3 amide bonds. The van der Waals surface area contributed by atoms with Crippen LogP contribution in [0.5, 0.6) is 5.75 Å². The van der Waals surface area contributed by atoms with E-state index in [0.29, 0.717) is 28.5 Å². The van der Waals surface area contributed by atoms with E-state index in [1.54, 1.807) is 17.9 Å². The summed E-state index contributed by atoms with van der Waals surface area (Å²) in [5, 5.41) is 3.83. The van der Waals surface area contributed by atoms with Crippen molar-refractivity contribution in [2.75, 3.05) is 27.2 Å². The number of nitrogens with one attached hydrogen (secondary N) is 2. The molecule has 2 fully saturated rings. The number of aromatic amines is 1. The van der Waals surface area contributed by atoms with E-state index in [1.165, 1.54) is 7.11 Å². The number of hydrogen-bond acceptors (Lipinski definition) is 4. The molecule has 0 aliphatic carbocycles. The number of benzene rings is 1. The highest BCUT2D eigenvalue weighted by Crippen LogP contribution is 2.33. The summed E-state index contributed by atoms with van der Waals surface area (Å²) in [5.74, 6) is 0.659. The Balaban J connectivity index is 1.39. The van der Waals surface area contributed by atoms with Crippen LogP contribution in [0.4, 0.5) is 4.79 Å². The van der Waals surface area contributed by atoms with E-state index in [9.17, 15) is 14.4 Å². The van der Waals surface area contributed by atoms with Gasteiger partial charge < -0.3 is 29.4 Å². The molecule has 190 valence electrons. The fourth-order valence-corrected chi connectivity index (χ4v) is 5.84. The van der Waals surface area contributed by atoms with E-state index in [2.05, 4.69) is 20.9 Å². The minimum Gasteiger partial charge on any atom is -0.496 e. The number of methoxy groups -OCH3 is 1. The highest BCUT2D eigenvalue weighted by atomic mass is 16.5. The van der Waals surface area contributed by atoms with Gasteiger partial charge in [0.1, 0.15) is 5.75 Å². The van der Waals surface area contributed by atoms with Gasteiger partial charge in [0, 0.05) is 49.0 Å². The molecule has 0 saturated carbocycles. The topological polar surface area (TPSA) is 99.7 Å². The average Bonchev–Trinajstić information content (AvgIpc) is 3.29. The molecule has 5 rings (SSSR count). The second kappa shape index (κ2) is 9.37. The quantitative estimate of drug-likeness (QED) is 0.554. The molecular weight excluding hydrogens is 458 g/mol. The molecule has 2 atom stereocenters. The molecule has 2 N–H and O–H groups in total. The summed E-state index contributed by atoms with van der Waals surface area (Å²) in [7, 11) is 3.38. The first kappa shape index (κ1) is 24.0. The molecule has 9 heteroatoms. The first-order chi connectivity index (χ1) is 17.3. The Bertz CT molecular complexity index is 1390. The molecule has 2 saturated heterocycles. The minimum absolute atomic E-state index is 0.0677. The van der Waals surface area contributed by atoms with Crippen LogP contribution < -0.4 is 15.6 Å². The number of carbonyl (C=O) groups excluding carboxylic acids is 2. The van der Waals surface area contributed by atoms with Crippen molar-refractivity contribution >= 4 is 22.8 Å². The Kier molecular flexibility index (Phi) is 6.24. The lowest BCUT2D eigenvalue weighted by molar-refractivity contribution is 0.0951. The molecule has 36 heavy (non-hydrogen) atoms. The van der Waals surface area contributed by atoms with Crippen molar-refractivity contribution in [1.82, 2.24) is 24.7 Å². The fourth-order valence-electron chi connectivity index (χ4n) is 5.84. The van der Waals surface area contributed by atoms with E-state index in [-0.39, 0.29) is 30.1 Å². The van der Waals surface area contributed by atoms with Gasteiger partial charge in [-0.2, -0.15) is 0 Å². The van der Waals surface area contributed by atoms with Crippen LogP contribution in [0, 0.1) is 19.8 Å². The maximum absolute atomic E-state index is 13.4. The normalized spacial score (nSPS) is 19.6.